The van der Waals surface area contributed by atoms with Crippen LogP contribution in [0.4, 0.5) is 0 Å². The Bertz CT molecular complexity index is 2180. The van der Waals surface area contributed by atoms with Crippen molar-refractivity contribution in [2.75, 3.05) is 11.5 Å². The van der Waals surface area contributed by atoms with Crippen LogP contribution in [-0.4, -0.2) is 19.9 Å². The Morgan fingerprint density at radius 2 is 0.857 bits per heavy atom. The molecule has 2 nitrogen and oxygen atoms in total. The molecule has 56 heavy (non-hydrogen) atoms. The van der Waals surface area contributed by atoms with E-state index in [1.54, 1.807) is 34.0 Å². The molecule has 0 fully saturated rings. The second-order valence-corrected chi connectivity index (χ2v) is 24.9. The largest absolute Gasteiger partial charge is 0.224 e. The molecule has 0 aliphatic heterocycles. The van der Waals surface area contributed by atoms with Crippen LogP contribution in [-0.2, 0) is 9.84 Å². The van der Waals surface area contributed by atoms with Crippen LogP contribution in [0.1, 0.15) is 126 Å². The van der Waals surface area contributed by atoms with Crippen LogP contribution >= 0.6 is 79.8 Å². The van der Waals surface area contributed by atoms with Crippen LogP contribution in [0.5, 0.6) is 0 Å². The molecular weight excluding hydrogens is 841 g/mol. The van der Waals surface area contributed by atoms with Gasteiger partial charge >= 0.3 is 0 Å². The maximum Gasteiger partial charge on any atom is 0.179 e. The summed E-state index contributed by atoms with van der Waals surface area (Å²) in [4.78, 5) is 16.3. The SMILES string of the molecule is CCCCCCCCCCSc1cc(-c2ccc(-c3ccc(C)s3)s2)sc1-c1sc(-c2ccc(-c3ccc(C)s3)s2)cc1S(=O)(=O)CCCCCCCCCC. The summed E-state index contributed by atoms with van der Waals surface area (Å²) < 4.78 is 28.9. The molecule has 6 rings (SSSR count). The van der Waals surface area contributed by atoms with Crippen LogP contribution < -0.4 is 0 Å². The van der Waals surface area contributed by atoms with E-state index in [4.69, 9.17) is 0 Å². The summed E-state index contributed by atoms with van der Waals surface area (Å²) in [6.07, 6.45) is 19.5. The van der Waals surface area contributed by atoms with Gasteiger partial charge in [0.1, 0.15) is 0 Å². The maximum atomic E-state index is 14.5. The molecule has 0 radical (unpaired) electrons. The highest BCUT2D eigenvalue weighted by atomic mass is 32.2. The molecule has 0 N–H and O–H groups in total. The second kappa shape index (κ2) is 22.2. The van der Waals surface area contributed by atoms with Gasteiger partial charge in [0.15, 0.2) is 9.84 Å². The highest BCUT2D eigenvalue weighted by Gasteiger charge is 2.28. The summed E-state index contributed by atoms with van der Waals surface area (Å²) in [5.41, 5.74) is 0. The average Bonchev–Trinajstić information content (AvgIpc) is 4.03. The van der Waals surface area contributed by atoms with Gasteiger partial charge in [0, 0.05) is 53.7 Å². The standard InChI is InChI=1S/C46H58O2S8/c1-5-7-9-11-13-15-17-19-29-49-43-31-41(39-27-25-37(52-39)35-23-21-33(3)50-35)54-45(43)46-44(56(47,48)30-20-18-16-14-12-10-8-6-2)32-42(55-46)40-28-26-38(53-40)36-24-22-34(4)51-36/h21-28,31-32H,5-20,29-30H2,1-4H3. The van der Waals surface area contributed by atoms with Crippen LogP contribution in [0, 0.1) is 13.8 Å². The molecule has 0 amide bonds. The lowest BCUT2D eigenvalue weighted by molar-refractivity contribution is 0.573. The normalized spacial score (nSPS) is 12.0. The lowest BCUT2D eigenvalue weighted by Gasteiger charge is -2.08. The van der Waals surface area contributed by atoms with Crippen LogP contribution in [0.2, 0.25) is 0 Å². The highest BCUT2D eigenvalue weighted by Crippen LogP contribution is 2.52. The number of aryl methyl sites for hydroxylation is 2. The molecule has 0 saturated heterocycles. The molecule has 302 valence electrons. The third kappa shape index (κ3) is 12.3. The zero-order valence-corrected chi connectivity index (χ0v) is 40.1. The molecule has 10 heteroatoms. The van der Waals surface area contributed by atoms with E-state index in [9.17, 15) is 8.42 Å². The van der Waals surface area contributed by atoms with Crippen molar-refractivity contribution in [1.82, 2.24) is 0 Å². The van der Waals surface area contributed by atoms with E-state index in [0.29, 0.717) is 4.90 Å². The third-order valence-electron chi connectivity index (χ3n) is 10.1. The van der Waals surface area contributed by atoms with Crippen molar-refractivity contribution in [3.05, 3.63) is 70.4 Å². The summed E-state index contributed by atoms with van der Waals surface area (Å²) in [5.74, 6) is 1.26. The van der Waals surface area contributed by atoms with Gasteiger partial charge in [-0.05, 0) is 93.1 Å². The zero-order chi connectivity index (χ0) is 39.3. The predicted octanol–water partition coefficient (Wildman–Crippen LogP) is 18.2. The van der Waals surface area contributed by atoms with E-state index in [1.165, 1.54) is 127 Å². The average molecular weight is 900 g/mol. The fourth-order valence-electron chi connectivity index (χ4n) is 6.94. The fraction of sp³-hybridized carbons (Fsp3) is 0.478. The monoisotopic (exact) mass is 898 g/mol. The molecule has 0 aromatic carbocycles. The minimum absolute atomic E-state index is 0.211. The zero-order valence-electron chi connectivity index (χ0n) is 33.6. The quantitative estimate of drug-likeness (QED) is 0.0424. The number of hydrogen-bond donors (Lipinski definition) is 0. The molecule has 0 aliphatic carbocycles. The van der Waals surface area contributed by atoms with E-state index in [2.05, 4.69) is 82.3 Å². The minimum atomic E-state index is -3.50. The Hall–Kier alpha value is -1.50. The first-order valence-corrected chi connectivity index (χ1v) is 28.3. The molecule has 0 bridgehead atoms. The van der Waals surface area contributed by atoms with Crippen molar-refractivity contribution in [2.24, 2.45) is 0 Å². The summed E-state index contributed by atoms with van der Waals surface area (Å²) in [6.45, 7) is 8.84. The van der Waals surface area contributed by atoms with Crippen molar-refractivity contribution in [1.29, 1.82) is 0 Å². The lowest BCUT2D eigenvalue weighted by Crippen LogP contribution is -2.07. The van der Waals surface area contributed by atoms with Gasteiger partial charge in [-0.15, -0.1) is 79.8 Å². The lowest BCUT2D eigenvalue weighted by atomic mass is 10.1. The summed E-state index contributed by atoms with van der Waals surface area (Å²) in [6, 6.07) is 22.1. The first kappa shape index (κ1) is 44.1. The number of thioether (sulfide) groups is 1. The van der Waals surface area contributed by atoms with Crippen LogP contribution in [0.15, 0.2) is 70.5 Å². The number of sulfone groups is 1. The van der Waals surface area contributed by atoms with E-state index in [-0.39, 0.29) is 5.75 Å². The molecule has 6 aromatic rings. The van der Waals surface area contributed by atoms with Crippen LogP contribution in [0.3, 0.4) is 0 Å². The summed E-state index contributed by atoms with van der Waals surface area (Å²) in [5, 5.41) is 0. The van der Waals surface area contributed by atoms with Gasteiger partial charge < -0.3 is 0 Å². The predicted molar refractivity (Wildman–Crippen MR) is 258 cm³/mol. The first-order valence-electron chi connectivity index (χ1n) is 20.7. The minimum Gasteiger partial charge on any atom is -0.224 e. The van der Waals surface area contributed by atoms with E-state index in [1.807, 2.05) is 51.8 Å². The molecule has 0 atom stereocenters. The molecule has 0 saturated carbocycles. The van der Waals surface area contributed by atoms with Gasteiger partial charge in [0.25, 0.3) is 0 Å². The first-order chi connectivity index (χ1) is 27.3. The maximum absolute atomic E-state index is 14.5. The topological polar surface area (TPSA) is 34.1 Å². The van der Waals surface area contributed by atoms with Crippen LogP contribution in [0.25, 0.3) is 48.8 Å². The second-order valence-electron chi connectivity index (χ2n) is 14.9. The number of hydrogen-bond acceptors (Lipinski definition) is 9. The Morgan fingerprint density at radius 1 is 0.446 bits per heavy atom. The molecule has 0 aliphatic rings. The van der Waals surface area contributed by atoms with Gasteiger partial charge in [0.05, 0.1) is 20.4 Å². The third-order valence-corrected chi connectivity index (χ3v) is 20.7. The van der Waals surface area contributed by atoms with Crippen molar-refractivity contribution < 1.29 is 8.42 Å². The van der Waals surface area contributed by atoms with Gasteiger partial charge in [0.2, 0.25) is 0 Å². The summed E-state index contributed by atoms with van der Waals surface area (Å²) >= 11 is 12.7. The van der Waals surface area contributed by atoms with Crippen molar-refractivity contribution in [2.45, 2.75) is 140 Å². The van der Waals surface area contributed by atoms with E-state index < -0.39 is 9.84 Å². The van der Waals surface area contributed by atoms with Gasteiger partial charge in [-0.1, -0.05) is 104 Å². The molecule has 0 spiro atoms. The molecule has 0 unspecified atom stereocenters. The number of thiophene rings is 6. The Kier molecular flexibility index (Phi) is 17.5. The van der Waals surface area contributed by atoms with Gasteiger partial charge in [-0.2, -0.15) is 0 Å². The number of rotatable bonds is 25. The van der Waals surface area contributed by atoms with Gasteiger partial charge in [-0.3, -0.25) is 0 Å². The van der Waals surface area contributed by atoms with E-state index in [0.717, 1.165) is 44.5 Å². The van der Waals surface area contributed by atoms with Crippen molar-refractivity contribution in [3.8, 4) is 48.8 Å². The highest BCUT2D eigenvalue weighted by molar-refractivity contribution is 7.99. The Balaban J connectivity index is 1.30. The molecule has 6 heterocycles. The van der Waals surface area contributed by atoms with Crippen molar-refractivity contribution >= 4 is 89.6 Å². The Labute approximate surface area is 365 Å². The Morgan fingerprint density at radius 3 is 1.36 bits per heavy atom. The molecular formula is C46H58O2S8. The van der Waals surface area contributed by atoms with Gasteiger partial charge in [-0.25, -0.2) is 8.42 Å². The number of unbranched alkanes of at least 4 members (excludes halogenated alkanes) is 14. The molecule has 6 aromatic heterocycles. The van der Waals surface area contributed by atoms with E-state index >= 15 is 0 Å². The fourth-order valence-corrected chi connectivity index (χ4v) is 16.9. The smallest absolute Gasteiger partial charge is 0.179 e. The summed E-state index contributed by atoms with van der Waals surface area (Å²) in [7, 11) is -3.50. The van der Waals surface area contributed by atoms with Crippen molar-refractivity contribution in [3.63, 3.8) is 0 Å².